The van der Waals surface area contributed by atoms with E-state index in [2.05, 4.69) is 26.1 Å². The smallest absolute Gasteiger partial charge is 0.353 e. The first-order chi connectivity index (χ1) is 7.59. The van der Waals surface area contributed by atoms with E-state index in [1.54, 1.807) is 0 Å². The Morgan fingerprint density at radius 2 is 2.25 bits per heavy atom. The molecule has 1 heterocycles. The molecule has 0 atom stereocenters. The quantitative estimate of drug-likeness (QED) is 0.889. The molecule has 2 rings (SSSR count). The molecular formula is C11H9BrN2O2. The highest BCUT2D eigenvalue weighted by Crippen LogP contribution is 2.29. The van der Waals surface area contributed by atoms with Crippen molar-refractivity contribution in [1.82, 2.24) is 10.2 Å². The van der Waals surface area contributed by atoms with E-state index >= 15 is 0 Å². The predicted octanol–water partition coefficient (Wildman–Crippen LogP) is 2.85. The van der Waals surface area contributed by atoms with Gasteiger partial charge in [-0.05, 0) is 34.5 Å². The van der Waals surface area contributed by atoms with Gasteiger partial charge < -0.3 is 5.11 Å². The number of rotatable bonds is 2. The van der Waals surface area contributed by atoms with E-state index in [1.165, 1.54) is 6.07 Å². The molecule has 5 heteroatoms. The molecule has 16 heavy (non-hydrogen) atoms. The lowest BCUT2D eigenvalue weighted by Gasteiger charge is -2.02. The fraction of sp³-hybridized carbons (Fsp3) is 0.0909. The van der Waals surface area contributed by atoms with Gasteiger partial charge >= 0.3 is 5.97 Å². The standard InChI is InChI=1S/C11H9BrN2O2/c1-6-3-2-4-7(10(6)12)8-5-9(11(15)16)14-13-8/h2-5H,1H3,(H,13,14)(H,15,16). The number of aromatic carboxylic acids is 1. The van der Waals surface area contributed by atoms with Gasteiger partial charge in [-0.3, -0.25) is 5.10 Å². The number of halogens is 1. The van der Waals surface area contributed by atoms with Crippen LogP contribution in [0.3, 0.4) is 0 Å². The summed E-state index contributed by atoms with van der Waals surface area (Å²) in [5.41, 5.74) is 2.66. The highest BCUT2D eigenvalue weighted by molar-refractivity contribution is 9.10. The Labute approximate surface area is 100 Å². The molecule has 2 N–H and O–H groups in total. The number of aryl methyl sites for hydroxylation is 1. The van der Waals surface area contributed by atoms with Gasteiger partial charge in [0.1, 0.15) is 5.69 Å². The molecule has 0 radical (unpaired) electrons. The second-order valence-corrected chi connectivity index (χ2v) is 4.20. The lowest BCUT2D eigenvalue weighted by atomic mass is 10.1. The van der Waals surface area contributed by atoms with Gasteiger partial charge in [0.05, 0.1) is 5.69 Å². The Kier molecular flexibility index (Phi) is 2.78. The molecule has 1 aromatic heterocycles. The molecule has 0 saturated heterocycles. The van der Waals surface area contributed by atoms with Crippen LogP contribution < -0.4 is 0 Å². The number of aromatic nitrogens is 2. The van der Waals surface area contributed by atoms with E-state index in [1.807, 2.05) is 25.1 Å². The van der Waals surface area contributed by atoms with Crippen molar-refractivity contribution in [3.05, 3.63) is 40.0 Å². The van der Waals surface area contributed by atoms with Gasteiger partial charge in [0.25, 0.3) is 0 Å². The Bertz CT molecular complexity index is 549. The molecule has 1 aromatic carbocycles. The first-order valence-corrected chi connectivity index (χ1v) is 5.43. The molecule has 4 nitrogen and oxygen atoms in total. The molecule has 0 aliphatic heterocycles. The number of hydrogen-bond acceptors (Lipinski definition) is 2. The number of hydrogen-bond donors (Lipinski definition) is 2. The van der Waals surface area contributed by atoms with Crippen molar-refractivity contribution < 1.29 is 9.90 Å². The number of carbonyl (C=O) groups is 1. The van der Waals surface area contributed by atoms with Gasteiger partial charge in [0.15, 0.2) is 0 Å². The number of benzene rings is 1. The number of carboxylic acid groups (broad SMARTS) is 1. The summed E-state index contributed by atoms with van der Waals surface area (Å²) in [6.45, 7) is 1.97. The van der Waals surface area contributed by atoms with Crippen LogP contribution in [0.1, 0.15) is 16.1 Å². The molecule has 0 aliphatic rings. The third kappa shape index (κ3) is 1.86. The SMILES string of the molecule is Cc1cccc(-c2cc(C(=O)O)[nH]n2)c1Br. The van der Waals surface area contributed by atoms with Crippen molar-refractivity contribution in [3.63, 3.8) is 0 Å². The largest absolute Gasteiger partial charge is 0.477 e. The third-order valence-corrected chi connectivity index (χ3v) is 3.33. The molecule has 2 aromatic rings. The Morgan fingerprint density at radius 1 is 1.50 bits per heavy atom. The predicted molar refractivity (Wildman–Crippen MR) is 63.4 cm³/mol. The first-order valence-electron chi connectivity index (χ1n) is 4.64. The van der Waals surface area contributed by atoms with E-state index in [-0.39, 0.29) is 5.69 Å². The van der Waals surface area contributed by atoms with Gasteiger partial charge in [-0.25, -0.2) is 4.79 Å². The number of aromatic amines is 1. The molecule has 82 valence electrons. The van der Waals surface area contributed by atoms with Crippen LogP contribution in [0.4, 0.5) is 0 Å². The maximum Gasteiger partial charge on any atom is 0.353 e. The molecular weight excluding hydrogens is 272 g/mol. The summed E-state index contributed by atoms with van der Waals surface area (Å²) in [4.78, 5) is 10.7. The van der Waals surface area contributed by atoms with Crippen LogP contribution >= 0.6 is 15.9 Å². The van der Waals surface area contributed by atoms with Gasteiger partial charge in [-0.15, -0.1) is 0 Å². The second kappa shape index (κ2) is 4.09. The first kappa shape index (κ1) is 10.9. The van der Waals surface area contributed by atoms with Crippen LogP contribution in [0.2, 0.25) is 0 Å². The van der Waals surface area contributed by atoms with Crippen molar-refractivity contribution in [2.24, 2.45) is 0 Å². The average molecular weight is 281 g/mol. The summed E-state index contributed by atoms with van der Waals surface area (Å²) < 4.78 is 0.929. The molecule has 0 unspecified atom stereocenters. The zero-order chi connectivity index (χ0) is 11.7. The van der Waals surface area contributed by atoms with E-state index < -0.39 is 5.97 Å². The van der Waals surface area contributed by atoms with Crippen LogP contribution in [-0.4, -0.2) is 21.3 Å². The van der Waals surface area contributed by atoms with Gasteiger partial charge in [-0.1, -0.05) is 18.2 Å². The number of nitrogens with zero attached hydrogens (tertiary/aromatic N) is 1. The number of H-pyrrole nitrogens is 1. The van der Waals surface area contributed by atoms with Crippen LogP contribution in [0.5, 0.6) is 0 Å². The third-order valence-electron chi connectivity index (χ3n) is 2.28. The highest BCUT2D eigenvalue weighted by atomic mass is 79.9. The number of nitrogens with one attached hydrogen (secondary N) is 1. The summed E-state index contributed by atoms with van der Waals surface area (Å²) in [5.74, 6) is -1.01. The zero-order valence-corrected chi connectivity index (χ0v) is 10.1. The molecule has 0 amide bonds. The molecule has 0 spiro atoms. The lowest BCUT2D eigenvalue weighted by Crippen LogP contribution is -1.95. The van der Waals surface area contributed by atoms with Crippen LogP contribution in [-0.2, 0) is 0 Å². The summed E-state index contributed by atoms with van der Waals surface area (Å²) in [5, 5.41) is 15.2. The van der Waals surface area contributed by atoms with Gasteiger partial charge in [-0.2, -0.15) is 5.10 Å². The summed E-state index contributed by atoms with van der Waals surface area (Å²) in [7, 11) is 0. The lowest BCUT2D eigenvalue weighted by molar-refractivity contribution is 0.0690. The molecule has 0 bridgehead atoms. The van der Waals surface area contributed by atoms with Crippen molar-refractivity contribution in [2.75, 3.05) is 0 Å². The van der Waals surface area contributed by atoms with Crippen molar-refractivity contribution in [2.45, 2.75) is 6.92 Å². The van der Waals surface area contributed by atoms with Crippen LogP contribution in [0, 0.1) is 6.92 Å². The Hall–Kier alpha value is -1.62. The maximum atomic E-state index is 10.7. The summed E-state index contributed by atoms with van der Waals surface area (Å²) in [6, 6.07) is 7.28. The minimum absolute atomic E-state index is 0.0865. The molecule has 0 aliphatic carbocycles. The van der Waals surface area contributed by atoms with Crippen LogP contribution in [0.15, 0.2) is 28.7 Å². The Balaban J connectivity index is 2.50. The fourth-order valence-corrected chi connectivity index (χ4v) is 1.88. The minimum atomic E-state index is -1.01. The fourth-order valence-electron chi connectivity index (χ4n) is 1.41. The van der Waals surface area contributed by atoms with E-state index in [0.717, 1.165) is 15.6 Å². The topological polar surface area (TPSA) is 66.0 Å². The van der Waals surface area contributed by atoms with Gasteiger partial charge in [0, 0.05) is 10.0 Å². The minimum Gasteiger partial charge on any atom is -0.477 e. The highest BCUT2D eigenvalue weighted by Gasteiger charge is 2.11. The molecule has 0 fully saturated rings. The summed E-state index contributed by atoms with van der Waals surface area (Å²) >= 11 is 3.46. The van der Waals surface area contributed by atoms with Crippen LogP contribution in [0.25, 0.3) is 11.3 Å². The van der Waals surface area contributed by atoms with E-state index in [4.69, 9.17) is 5.11 Å². The average Bonchev–Trinajstić information content (AvgIpc) is 2.71. The zero-order valence-electron chi connectivity index (χ0n) is 8.49. The van der Waals surface area contributed by atoms with Crippen molar-refractivity contribution in [3.8, 4) is 11.3 Å². The summed E-state index contributed by atoms with van der Waals surface area (Å²) in [6.07, 6.45) is 0. The normalized spacial score (nSPS) is 10.4. The van der Waals surface area contributed by atoms with E-state index in [0.29, 0.717) is 5.69 Å². The van der Waals surface area contributed by atoms with E-state index in [9.17, 15) is 4.79 Å². The second-order valence-electron chi connectivity index (χ2n) is 3.41. The number of carboxylic acids is 1. The monoisotopic (exact) mass is 280 g/mol. The molecule has 0 saturated carbocycles. The van der Waals surface area contributed by atoms with Crippen molar-refractivity contribution in [1.29, 1.82) is 0 Å². The van der Waals surface area contributed by atoms with Gasteiger partial charge in [0.2, 0.25) is 0 Å². The Morgan fingerprint density at radius 3 is 2.88 bits per heavy atom. The maximum absolute atomic E-state index is 10.7. The van der Waals surface area contributed by atoms with Crippen molar-refractivity contribution >= 4 is 21.9 Å².